The van der Waals surface area contributed by atoms with Gasteiger partial charge in [-0.25, -0.2) is 0 Å². The number of ether oxygens (including phenoxy) is 1. The van der Waals surface area contributed by atoms with Crippen LogP contribution in [0, 0.1) is 6.92 Å². The summed E-state index contributed by atoms with van der Waals surface area (Å²) in [5.74, 6) is 0. The first kappa shape index (κ1) is 17.9. The molecule has 1 aliphatic rings. The van der Waals surface area contributed by atoms with E-state index in [1.54, 1.807) is 0 Å². The van der Waals surface area contributed by atoms with E-state index in [9.17, 15) is 5.11 Å². The van der Waals surface area contributed by atoms with Gasteiger partial charge in [0, 0.05) is 38.4 Å². The van der Waals surface area contributed by atoms with Crippen molar-refractivity contribution >= 4 is 5.69 Å². The standard InChI is InChI=1S/C21H28N2O2/c1-18-6-5-9-20(14-18)23-12-10-22(11-13-23)15-21(24)17-25-16-19-7-3-2-4-8-19/h2-9,14,21,24H,10-13,15-17H2,1H3. The predicted octanol–water partition coefficient (Wildman–Crippen LogP) is 2.69. The summed E-state index contributed by atoms with van der Waals surface area (Å²) < 4.78 is 5.64. The van der Waals surface area contributed by atoms with E-state index in [1.807, 2.05) is 30.3 Å². The van der Waals surface area contributed by atoms with Crippen LogP contribution >= 0.6 is 0 Å². The molecule has 1 saturated heterocycles. The summed E-state index contributed by atoms with van der Waals surface area (Å²) in [6.45, 7) is 7.70. The average molecular weight is 340 g/mol. The number of β-amino-alcohol motifs (C(OH)–C–C–N with tert-alkyl or cyclic N) is 1. The molecular formula is C21H28N2O2. The maximum Gasteiger partial charge on any atom is 0.0900 e. The van der Waals surface area contributed by atoms with Crippen molar-refractivity contribution in [2.75, 3.05) is 44.2 Å². The first-order chi connectivity index (χ1) is 12.2. The second kappa shape index (κ2) is 8.99. The number of aliphatic hydroxyl groups excluding tert-OH is 1. The molecule has 4 nitrogen and oxygen atoms in total. The van der Waals surface area contributed by atoms with Crippen molar-refractivity contribution in [3.63, 3.8) is 0 Å². The van der Waals surface area contributed by atoms with Crippen molar-refractivity contribution in [1.82, 2.24) is 4.90 Å². The molecule has 1 atom stereocenters. The molecule has 134 valence electrons. The number of nitrogens with zero attached hydrogens (tertiary/aromatic N) is 2. The van der Waals surface area contributed by atoms with E-state index in [4.69, 9.17) is 4.74 Å². The second-order valence-electron chi connectivity index (χ2n) is 6.78. The first-order valence-corrected chi connectivity index (χ1v) is 9.04. The third-order valence-corrected chi connectivity index (χ3v) is 4.63. The van der Waals surface area contributed by atoms with Crippen LogP contribution in [0.1, 0.15) is 11.1 Å². The van der Waals surface area contributed by atoms with E-state index in [0.29, 0.717) is 19.8 Å². The number of rotatable bonds is 7. The van der Waals surface area contributed by atoms with Gasteiger partial charge in [0.2, 0.25) is 0 Å². The van der Waals surface area contributed by atoms with Crippen LogP contribution in [-0.2, 0) is 11.3 Å². The van der Waals surface area contributed by atoms with Crippen LogP contribution in [0.25, 0.3) is 0 Å². The molecule has 0 amide bonds. The number of piperazine rings is 1. The zero-order valence-electron chi connectivity index (χ0n) is 15.0. The molecule has 3 rings (SSSR count). The van der Waals surface area contributed by atoms with Crippen molar-refractivity contribution < 1.29 is 9.84 Å². The Bertz CT molecular complexity index is 639. The summed E-state index contributed by atoms with van der Waals surface area (Å²) in [5.41, 5.74) is 3.73. The highest BCUT2D eigenvalue weighted by atomic mass is 16.5. The topological polar surface area (TPSA) is 35.9 Å². The van der Waals surface area contributed by atoms with Gasteiger partial charge in [0.1, 0.15) is 0 Å². The van der Waals surface area contributed by atoms with Crippen LogP contribution in [0.4, 0.5) is 5.69 Å². The molecule has 1 fully saturated rings. The molecule has 2 aromatic carbocycles. The van der Waals surface area contributed by atoms with Crippen LogP contribution in [0.5, 0.6) is 0 Å². The van der Waals surface area contributed by atoms with Crippen molar-refractivity contribution in [3.05, 3.63) is 65.7 Å². The van der Waals surface area contributed by atoms with Gasteiger partial charge in [0.25, 0.3) is 0 Å². The lowest BCUT2D eigenvalue weighted by Crippen LogP contribution is -2.49. The minimum Gasteiger partial charge on any atom is -0.389 e. The fourth-order valence-corrected chi connectivity index (χ4v) is 3.25. The van der Waals surface area contributed by atoms with Crippen molar-refractivity contribution in [3.8, 4) is 0 Å². The Kier molecular flexibility index (Phi) is 6.45. The number of aryl methyl sites for hydroxylation is 1. The molecule has 1 heterocycles. The summed E-state index contributed by atoms with van der Waals surface area (Å²) >= 11 is 0. The Hall–Kier alpha value is -1.88. The van der Waals surface area contributed by atoms with Gasteiger partial charge in [-0.1, -0.05) is 42.5 Å². The van der Waals surface area contributed by atoms with Gasteiger partial charge in [-0.15, -0.1) is 0 Å². The van der Waals surface area contributed by atoms with E-state index in [0.717, 1.165) is 31.7 Å². The Labute approximate surface area is 150 Å². The van der Waals surface area contributed by atoms with Gasteiger partial charge >= 0.3 is 0 Å². The van der Waals surface area contributed by atoms with Gasteiger partial charge in [-0.2, -0.15) is 0 Å². The quantitative estimate of drug-likeness (QED) is 0.841. The highest BCUT2D eigenvalue weighted by Gasteiger charge is 2.19. The fourth-order valence-electron chi connectivity index (χ4n) is 3.25. The number of aliphatic hydroxyl groups is 1. The molecule has 4 heteroatoms. The summed E-state index contributed by atoms with van der Waals surface area (Å²) in [6.07, 6.45) is -0.436. The SMILES string of the molecule is Cc1cccc(N2CCN(CC(O)COCc3ccccc3)CC2)c1. The predicted molar refractivity (Wildman–Crippen MR) is 102 cm³/mol. The Morgan fingerprint density at radius 2 is 1.76 bits per heavy atom. The molecule has 2 aromatic rings. The van der Waals surface area contributed by atoms with Gasteiger partial charge < -0.3 is 14.7 Å². The van der Waals surface area contributed by atoms with Crippen LogP contribution in [0.15, 0.2) is 54.6 Å². The summed E-state index contributed by atoms with van der Waals surface area (Å²) in [5, 5.41) is 10.2. The van der Waals surface area contributed by atoms with Crippen LogP contribution < -0.4 is 4.90 Å². The van der Waals surface area contributed by atoms with Gasteiger partial charge in [0.15, 0.2) is 0 Å². The Balaban J connectivity index is 1.37. The minimum absolute atomic E-state index is 0.382. The van der Waals surface area contributed by atoms with Crippen molar-refractivity contribution in [1.29, 1.82) is 0 Å². The van der Waals surface area contributed by atoms with E-state index in [2.05, 4.69) is 41.0 Å². The molecule has 0 saturated carbocycles. The maximum absolute atomic E-state index is 10.2. The maximum atomic E-state index is 10.2. The minimum atomic E-state index is -0.436. The van der Waals surface area contributed by atoms with Crippen molar-refractivity contribution in [2.45, 2.75) is 19.6 Å². The molecule has 0 radical (unpaired) electrons. The third-order valence-electron chi connectivity index (χ3n) is 4.63. The molecule has 0 spiro atoms. The zero-order valence-corrected chi connectivity index (χ0v) is 15.0. The van der Waals surface area contributed by atoms with Crippen LogP contribution in [0.3, 0.4) is 0 Å². The fraction of sp³-hybridized carbons (Fsp3) is 0.429. The van der Waals surface area contributed by atoms with Gasteiger partial charge in [0.05, 0.1) is 19.3 Å². The van der Waals surface area contributed by atoms with E-state index in [1.165, 1.54) is 11.3 Å². The molecule has 1 N–H and O–H groups in total. The Morgan fingerprint density at radius 3 is 2.48 bits per heavy atom. The molecule has 0 aliphatic carbocycles. The molecule has 25 heavy (non-hydrogen) atoms. The lowest BCUT2D eigenvalue weighted by atomic mass is 10.2. The van der Waals surface area contributed by atoms with Gasteiger partial charge in [-0.3, -0.25) is 4.90 Å². The summed E-state index contributed by atoms with van der Waals surface area (Å²) in [7, 11) is 0. The lowest BCUT2D eigenvalue weighted by molar-refractivity contribution is 0.00914. The highest BCUT2D eigenvalue weighted by molar-refractivity contribution is 5.48. The lowest BCUT2D eigenvalue weighted by Gasteiger charge is -2.37. The summed E-state index contributed by atoms with van der Waals surface area (Å²) in [4.78, 5) is 4.74. The average Bonchev–Trinajstić information content (AvgIpc) is 2.63. The van der Waals surface area contributed by atoms with Crippen LogP contribution in [-0.4, -0.2) is 55.4 Å². The Morgan fingerprint density at radius 1 is 1.00 bits per heavy atom. The number of benzene rings is 2. The molecule has 1 unspecified atom stereocenters. The smallest absolute Gasteiger partial charge is 0.0900 e. The van der Waals surface area contributed by atoms with E-state index < -0.39 is 6.10 Å². The summed E-state index contributed by atoms with van der Waals surface area (Å²) in [6, 6.07) is 18.7. The van der Waals surface area contributed by atoms with Gasteiger partial charge in [-0.05, 0) is 30.2 Å². The highest BCUT2D eigenvalue weighted by Crippen LogP contribution is 2.17. The molecule has 0 bridgehead atoms. The molecular weight excluding hydrogens is 312 g/mol. The number of hydrogen-bond acceptors (Lipinski definition) is 4. The monoisotopic (exact) mass is 340 g/mol. The van der Waals surface area contributed by atoms with E-state index in [-0.39, 0.29) is 0 Å². The zero-order chi connectivity index (χ0) is 17.5. The molecule has 0 aromatic heterocycles. The second-order valence-corrected chi connectivity index (χ2v) is 6.78. The largest absolute Gasteiger partial charge is 0.389 e. The van der Waals surface area contributed by atoms with Crippen LogP contribution in [0.2, 0.25) is 0 Å². The number of hydrogen-bond donors (Lipinski definition) is 1. The first-order valence-electron chi connectivity index (χ1n) is 9.04. The number of anilines is 1. The normalized spacial score (nSPS) is 16.8. The molecule has 1 aliphatic heterocycles. The van der Waals surface area contributed by atoms with Crippen molar-refractivity contribution in [2.24, 2.45) is 0 Å². The third kappa shape index (κ3) is 5.56. The van der Waals surface area contributed by atoms with E-state index >= 15 is 0 Å².